The summed E-state index contributed by atoms with van der Waals surface area (Å²) in [4.78, 5) is 0. The molecule has 0 saturated heterocycles. The van der Waals surface area contributed by atoms with Gasteiger partial charge in [0.15, 0.2) is 0 Å². The van der Waals surface area contributed by atoms with Crippen molar-refractivity contribution in [2.75, 3.05) is 0 Å². The average molecular weight is 231 g/mol. The topological polar surface area (TPSA) is 65.0 Å². The van der Waals surface area contributed by atoms with E-state index in [9.17, 15) is 4.39 Å². The molecule has 0 spiro atoms. The van der Waals surface area contributed by atoms with Gasteiger partial charge in [-0.15, -0.1) is 10.2 Å². The monoisotopic (exact) mass is 231 g/mol. The minimum Gasteiger partial charge on any atom is -0.413 e. The number of hydrogen-bond acceptors (Lipinski definition) is 5. The lowest BCUT2D eigenvalue weighted by atomic mass is 10.2. The number of halogens is 1. The van der Waals surface area contributed by atoms with Crippen LogP contribution >= 0.6 is 0 Å². The normalized spacial score (nSPS) is 10.6. The van der Waals surface area contributed by atoms with Gasteiger partial charge in [0.1, 0.15) is 5.82 Å². The highest BCUT2D eigenvalue weighted by molar-refractivity contribution is 5.55. The molecule has 0 unspecified atom stereocenters. The van der Waals surface area contributed by atoms with Gasteiger partial charge in [0, 0.05) is 6.07 Å². The van der Waals surface area contributed by atoms with Crippen LogP contribution in [0.25, 0.3) is 23.1 Å². The van der Waals surface area contributed by atoms with Crippen LogP contribution in [0.4, 0.5) is 4.39 Å². The molecule has 3 rings (SSSR count). The van der Waals surface area contributed by atoms with Crippen LogP contribution in [0.5, 0.6) is 0 Å². The predicted molar refractivity (Wildman–Crippen MR) is 55.2 cm³/mol. The van der Waals surface area contributed by atoms with Crippen molar-refractivity contribution in [2.45, 2.75) is 0 Å². The van der Waals surface area contributed by atoms with Crippen LogP contribution in [-0.4, -0.2) is 15.4 Å². The van der Waals surface area contributed by atoms with E-state index in [1.54, 1.807) is 24.3 Å². The van der Waals surface area contributed by atoms with Gasteiger partial charge in [-0.05, 0) is 12.1 Å². The minimum atomic E-state index is -0.416. The van der Waals surface area contributed by atoms with Gasteiger partial charge >= 0.3 is 0 Å². The molecule has 0 radical (unpaired) electrons. The highest BCUT2D eigenvalue weighted by Gasteiger charge is 2.15. The highest BCUT2D eigenvalue weighted by Crippen LogP contribution is 2.24. The highest BCUT2D eigenvalue weighted by atomic mass is 19.1. The van der Waals surface area contributed by atoms with Gasteiger partial charge in [-0.2, -0.15) is 0 Å². The molecule has 17 heavy (non-hydrogen) atoms. The molecule has 5 nitrogen and oxygen atoms in total. The molecule has 6 heteroatoms. The Morgan fingerprint density at radius 3 is 2.59 bits per heavy atom. The van der Waals surface area contributed by atoms with Crippen molar-refractivity contribution in [3.63, 3.8) is 0 Å². The Balaban J connectivity index is 2.04. The van der Waals surface area contributed by atoms with Gasteiger partial charge in [0.05, 0.1) is 11.8 Å². The molecule has 0 aliphatic heterocycles. The van der Waals surface area contributed by atoms with Crippen molar-refractivity contribution < 1.29 is 13.3 Å². The molecule has 84 valence electrons. The lowest BCUT2D eigenvalue weighted by Crippen LogP contribution is -1.82. The summed E-state index contributed by atoms with van der Waals surface area (Å²) in [6.07, 6.45) is 1.46. The van der Waals surface area contributed by atoms with Crippen LogP contribution in [0.2, 0.25) is 0 Å². The third-order valence-electron chi connectivity index (χ3n) is 2.18. The fraction of sp³-hybridized carbons (Fsp3) is 0. The molecule has 0 N–H and O–H groups in total. The van der Waals surface area contributed by atoms with Crippen LogP contribution in [-0.2, 0) is 0 Å². The van der Waals surface area contributed by atoms with E-state index in [0.29, 0.717) is 5.76 Å². The van der Waals surface area contributed by atoms with Crippen LogP contribution < -0.4 is 0 Å². The van der Waals surface area contributed by atoms with Crippen molar-refractivity contribution in [1.29, 1.82) is 0 Å². The molecule has 2 heterocycles. The number of benzene rings is 1. The molecule has 0 saturated carbocycles. The predicted octanol–water partition coefficient (Wildman–Crippen LogP) is 2.53. The third kappa shape index (κ3) is 1.69. The van der Waals surface area contributed by atoms with Crippen LogP contribution in [0, 0.1) is 5.82 Å². The molecule has 0 fully saturated rings. The van der Waals surface area contributed by atoms with Crippen molar-refractivity contribution in [2.24, 2.45) is 0 Å². The van der Waals surface area contributed by atoms with E-state index in [0.717, 1.165) is 0 Å². The second-order valence-electron chi connectivity index (χ2n) is 3.27. The van der Waals surface area contributed by atoms with Crippen LogP contribution in [0.3, 0.4) is 0 Å². The largest absolute Gasteiger partial charge is 0.413 e. The summed E-state index contributed by atoms with van der Waals surface area (Å²) in [5.41, 5.74) is 0.255. The van der Waals surface area contributed by atoms with Gasteiger partial charge < -0.3 is 8.94 Å². The number of aromatic nitrogens is 3. The van der Waals surface area contributed by atoms with Gasteiger partial charge in [-0.25, -0.2) is 4.39 Å². The molecule has 2 aromatic heterocycles. The van der Waals surface area contributed by atoms with E-state index in [4.69, 9.17) is 8.94 Å². The van der Waals surface area contributed by atoms with Gasteiger partial charge in [0.2, 0.25) is 5.76 Å². The number of nitrogens with zero attached hydrogens (tertiary/aromatic N) is 3. The van der Waals surface area contributed by atoms with Crippen LogP contribution in [0.1, 0.15) is 0 Å². The first-order chi connectivity index (χ1) is 8.34. The lowest BCUT2D eigenvalue weighted by molar-refractivity contribution is 0.416. The lowest BCUT2D eigenvalue weighted by Gasteiger charge is -1.94. The fourth-order valence-electron chi connectivity index (χ4n) is 1.39. The van der Waals surface area contributed by atoms with E-state index in [1.807, 2.05) is 0 Å². The summed E-state index contributed by atoms with van der Waals surface area (Å²) in [5.74, 6) is 0.204. The van der Waals surface area contributed by atoms with Crippen molar-refractivity contribution in [1.82, 2.24) is 15.4 Å². The first-order valence-electron chi connectivity index (χ1n) is 4.84. The first-order valence-corrected chi connectivity index (χ1v) is 4.84. The SMILES string of the molecule is Fc1ccccc1-c1nnc(-c2ccno2)o1. The standard InChI is InChI=1S/C11H6FN3O2/c12-8-4-2-1-3-7(8)10-14-15-11(16-10)9-5-6-13-17-9/h1-6H. The first kappa shape index (κ1) is 9.71. The number of rotatable bonds is 2. The van der Waals surface area contributed by atoms with Crippen LogP contribution in [0.15, 0.2) is 45.5 Å². The zero-order chi connectivity index (χ0) is 11.7. The smallest absolute Gasteiger partial charge is 0.286 e. The molecule has 0 atom stereocenters. The molecule has 0 amide bonds. The van der Waals surface area contributed by atoms with Crippen molar-refractivity contribution >= 4 is 0 Å². The molecule has 0 aliphatic carbocycles. The van der Waals surface area contributed by atoms with Gasteiger partial charge in [0.25, 0.3) is 11.8 Å². The maximum atomic E-state index is 13.5. The maximum Gasteiger partial charge on any atom is 0.286 e. The van der Waals surface area contributed by atoms with Crippen molar-refractivity contribution in [3.8, 4) is 23.1 Å². The Morgan fingerprint density at radius 1 is 1.00 bits per heavy atom. The molecule has 1 aromatic carbocycles. The summed E-state index contributed by atoms with van der Waals surface area (Å²) in [5, 5.41) is 11.0. The Kier molecular flexibility index (Phi) is 2.18. The second kappa shape index (κ2) is 3.82. The van der Waals surface area contributed by atoms with Gasteiger partial charge in [-0.1, -0.05) is 17.3 Å². The average Bonchev–Trinajstić information content (AvgIpc) is 3.00. The van der Waals surface area contributed by atoms with E-state index >= 15 is 0 Å². The second-order valence-corrected chi connectivity index (χ2v) is 3.27. The van der Waals surface area contributed by atoms with E-state index in [1.165, 1.54) is 12.3 Å². The molecular weight excluding hydrogens is 225 g/mol. The Hall–Kier alpha value is -2.50. The zero-order valence-corrected chi connectivity index (χ0v) is 8.50. The van der Waals surface area contributed by atoms with Gasteiger partial charge in [-0.3, -0.25) is 0 Å². The molecular formula is C11H6FN3O2. The Morgan fingerprint density at radius 2 is 1.82 bits per heavy atom. The molecule has 0 bridgehead atoms. The summed E-state index contributed by atoms with van der Waals surface area (Å²) in [7, 11) is 0. The summed E-state index contributed by atoms with van der Waals surface area (Å²) in [6.45, 7) is 0. The van der Waals surface area contributed by atoms with E-state index < -0.39 is 5.82 Å². The minimum absolute atomic E-state index is 0.106. The van der Waals surface area contributed by atoms with E-state index in [2.05, 4.69) is 15.4 Å². The third-order valence-corrected chi connectivity index (χ3v) is 2.18. The summed E-state index contributed by atoms with van der Waals surface area (Å²) in [6, 6.07) is 7.75. The van der Waals surface area contributed by atoms with E-state index in [-0.39, 0.29) is 17.3 Å². The number of hydrogen-bond donors (Lipinski definition) is 0. The zero-order valence-electron chi connectivity index (χ0n) is 8.50. The molecule has 3 aromatic rings. The Labute approximate surface area is 94.9 Å². The summed E-state index contributed by atoms with van der Waals surface area (Å²) < 4.78 is 23.6. The Bertz CT molecular complexity index is 634. The maximum absolute atomic E-state index is 13.5. The quantitative estimate of drug-likeness (QED) is 0.678. The summed E-state index contributed by atoms with van der Waals surface area (Å²) >= 11 is 0. The molecule has 0 aliphatic rings. The fourth-order valence-corrected chi connectivity index (χ4v) is 1.39. The van der Waals surface area contributed by atoms with Crippen molar-refractivity contribution in [3.05, 3.63) is 42.3 Å².